The molecule has 6 heteroatoms. The molecule has 4 N–H and O–H groups in total. The van der Waals surface area contributed by atoms with E-state index in [1.54, 1.807) is 0 Å². The average molecular weight is 356 g/mol. The highest BCUT2D eigenvalue weighted by atomic mass is 127. The molecule has 0 fully saturated rings. The van der Waals surface area contributed by atoms with Gasteiger partial charge in [-0.2, -0.15) is 0 Å². The largest absolute Gasteiger partial charge is 0.370 e. The maximum absolute atomic E-state index is 11.2. The predicted octanol–water partition coefficient (Wildman–Crippen LogP) is 0.937. The Morgan fingerprint density at radius 2 is 1.71 bits per heavy atom. The fourth-order valence-corrected chi connectivity index (χ4v) is 0.917. The van der Waals surface area contributed by atoms with Crippen molar-refractivity contribution in [2.45, 2.75) is 27.7 Å². The van der Waals surface area contributed by atoms with E-state index in [4.69, 9.17) is 5.73 Å². The van der Waals surface area contributed by atoms with Crippen LogP contribution in [0.25, 0.3) is 0 Å². The summed E-state index contributed by atoms with van der Waals surface area (Å²) in [4.78, 5) is 15.3. The standard InChI is InChI=1S/C11H24N4O.HI/c1-8(2)7-15-11(12)14-6-5-13-10(16)9(3)4;/h8-9H,5-7H2,1-4H3,(H,13,16)(H3,12,14,15);1H. The van der Waals surface area contributed by atoms with E-state index in [-0.39, 0.29) is 35.8 Å². The Balaban J connectivity index is 0. The van der Waals surface area contributed by atoms with Crippen LogP contribution in [-0.4, -0.2) is 31.5 Å². The van der Waals surface area contributed by atoms with Crippen molar-refractivity contribution in [1.82, 2.24) is 10.6 Å². The van der Waals surface area contributed by atoms with Gasteiger partial charge < -0.3 is 16.4 Å². The number of aliphatic imine (C=N–C) groups is 1. The molecule has 0 saturated carbocycles. The molecule has 0 aliphatic carbocycles. The number of rotatable bonds is 6. The van der Waals surface area contributed by atoms with Crippen molar-refractivity contribution < 1.29 is 4.79 Å². The van der Waals surface area contributed by atoms with E-state index in [1.165, 1.54) is 0 Å². The van der Waals surface area contributed by atoms with E-state index >= 15 is 0 Å². The number of hydrogen-bond donors (Lipinski definition) is 3. The summed E-state index contributed by atoms with van der Waals surface area (Å²) in [5.41, 5.74) is 5.62. The molecule has 17 heavy (non-hydrogen) atoms. The topological polar surface area (TPSA) is 79.5 Å². The van der Waals surface area contributed by atoms with Gasteiger partial charge in [0.15, 0.2) is 5.96 Å². The zero-order chi connectivity index (χ0) is 12.6. The van der Waals surface area contributed by atoms with Crippen LogP contribution in [0.3, 0.4) is 0 Å². The third-order valence-electron chi connectivity index (χ3n) is 1.88. The molecule has 0 aromatic rings. The van der Waals surface area contributed by atoms with E-state index in [0.29, 0.717) is 25.0 Å². The Morgan fingerprint density at radius 3 is 2.18 bits per heavy atom. The van der Waals surface area contributed by atoms with Gasteiger partial charge in [0.2, 0.25) is 5.91 Å². The first-order chi connectivity index (χ1) is 7.43. The Morgan fingerprint density at radius 1 is 1.18 bits per heavy atom. The summed E-state index contributed by atoms with van der Waals surface area (Å²) in [6.07, 6.45) is 0. The van der Waals surface area contributed by atoms with Gasteiger partial charge in [-0.15, -0.1) is 24.0 Å². The highest BCUT2D eigenvalue weighted by molar-refractivity contribution is 14.0. The number of halogens is 1. The highest BCUT2D eigenvalue weighted by Gasteiger charge is 2.04. The Hall–Kier alpha value is -0.530. The van der Waals surface area contributed by atoms with Crippen molar-refractivity contribution >= 4 is 35.8 Å². The molecule has 0 unspecified atom stereocenters. The summed E-state index contributed by atoms with van der Waals surface area (Å²) >= 11 is 0. The summed E-state index contributed by atoms with van der Waals surface area (Å²) in [5, 5.41) is 5.74. The van der Waals surface area contributed by atoms with Crippen LogP contribution < -0.4 is 16.4 Å². The maximum Gasteiger partial charge on any atom is 0.222 e. The Bertz CT molecular complexity index is 242. The van der Waals surface area contributed by atoms with Gasteiger partial charge in [-0.25, -0.2) is 0 Å². The lowest BCUT2D eigenvalue weighted by Crippen LogP contribution is -2.39. The normalized spacial score (nSPS) is 11.3. The van der Waals surface area contributed by atoms with Crippen LogP contribution in [0.1, 0.15) is 27.7 Å². The molecule has 0 aliphatic heterocycles. The monoisotopic (exact) mass is 356 g/mol. The molecule has 1 amide bonds. The highest BCUT2D eigenvalue weighted by Crippen LogP contribution is 1.90. The minimum Gasteiger partial charge on any atom is -0.370 e. The van der Waals surface area contributed by atoms with E-state index in [2.05, 4.69) is 29.5 Å². The average Bonchev–Trinajstić information content (AvgIpc) is 2.20. The second kappa shape index (κ2) is 10.6. The molecule has 0 spiro atoms. The first-order valence-corrected chi connectivity index (χ1v) is 5.75. The molecular formula is C11H25IN4O. The van der Waals surface area contributed by atoms with Crippen LogP contribution in [0.2, 0.25) is 0 Å². The Kier molecular flexibility index (Phi) is 11.8. The predicted molar refractivity (Wildman–Crippen MR) is 82.6 cm³/mol. The molecule has 0 saturated heterocycles. The maximum atomic E-state index is 11.2. The SMILES string of the molecule is CC(C)CN=C(N)NCCNC(=O)C(C)C.I. The second-order valence-electron chi connectivity index (χ2n) is 4.49. The van der Waals surface area contributed by atoms with Gasteiger partial charge in [-0.3, -0.25) is 9.79 Å². The summed E-state index contributed by atoms with van der Waals surface area (Å²) in [6.45, 7) is 9.78. The Labute approximate surface area is 121 Å². The molecule has 102 valence electrons. The second-order valence-corrected chi connectivity index (χ2v) is 4.49. The molecule has 0 atom stereocenters. The van der Waals surface area contributed by atoms with Gasteiger partial charge in [0, 0.05) is 25.6 Å². The minimum absolute atomic E-state index is 0. The van der Waals surface area contributed by atoms with E-state index in [0.717, 1.165) is 6.54 Å². The zero-order valence-corrected chi connectivity index (χ0v) is 13.4. The lowest BCUT2D eigenvalue weighted by atomic mass is 10.2. The van der Waals surface area contributed by atoms with Crippen molar-refractivity contribution in [2.24, 2.45) is 22.6 Å². The van der Waals surface area contributed by atoms with Crippen LogP contribution >= 0.6 is 24.0 Å². The first kappa shape index (κ1) is 18.8. The van der Waals surface area contributed by atoms with Gasteiger partial charge in [0.1, 0.15) is 0 Å². The third-order valence-corrected chi connectivity index (χ3v) is 1.88. The van der Waals surface area contributed by atoms with Crippen LogP contribution in [0.4, 0.5) is 0 Å². The van der Waals surface area contributed by atoms with Crippen molar-refractivity contribution in [2.75, 3.05) is 19.6 Å². The summed E-state index contributed by atoms with van der Waals surface area (Å²) in [5.74, 6) is 1.01. The molecule has 0 aliphatic rings. The molecule has 5 nitrogen and oxygen atoms in total. The molecular weight excluding hydrogens is 331 g/mol. The quantitative estimate of drug-likeness (QED) is 0.287. The summed E-state index contributed by atoms with van der Waals surface area (Å²) in [6, 6.07) is 0. The summed E-state index contributed by atoms with van der Waals surface area (Å²) < 4.78 is 0. The van der Waals surface area contributed by atoms with E-state index in [1.807, 2.05) is 13.8 Å². The van der Waals surface area contributed by atoms with Crippen molar-refractivity contribution in [3.8, 4) is 0 Å². The molecule has 0 aromatic carbocycles. The molecule has 0 rings (SSSR count). The van der Waals surface area contributed by atoms with Gasteiger partial charge in [-0.05, 0) is 5.92 Å². The lowest BCUT2D eigenvalue weighted by Gasteiger charge is -2.09. The van der Waals surface area contributed by atoms with Gasteiger partial charge in [0.25, 0.3) is 0 Å². The van der Waals surface area contributed by atoms with Crippen LogP contribution in [0.5, 0.6) is 0 Å². The van der Waals surface area contributed by atoms with E-state index < -0.39 is 0 Å². The zero-order valence-electron chi connectivity index (χ0n) is 11.1. The number of nitrogens with one attached hydrogen (secondary N) is 2. The summed E-state index contributed by atoms with van der Waals surface area (Å²) in [7, 11) is 0. The van der Waals surface area contributed by atoms with Crippen LogP contribution in [0, 0.1) is 11.8 Å². The van der Waals surface area contributed by atoms with Crippen molar-refractivity contribution in [1.29, 1.82) is 0 Å². The van der Waals surface area contributed by atoms with Gasteiger partial charge >= 0.3 is 0 Å². The van der Waals surface area contributed by atoms with E-state index in [9.17, 15) is 4.79 Å². The number of hydrogen-bond acceptors (Lipinski definition) is 2. The molecule has 0 aromatic heterocycles. The van der Waals surface area contributed by atoms with Gasteiger partial charge in [0.05, 0.1) is 0 Å². The number of guanidine groups is 1. The van der Waals surface area contributed by atoms with Gasteiger partial charge in [-0.1, -0.05) is 27.7 Å². The van der Waals surface area contributed by atoms with Crippen molar-refractivity contribution in [3.05, 3.63) is 0 Å². The number of nitrogens with two attached hydrogens (primary N) is 1. The number of nitrogens with zero attached hydrogens (tertiary/aromatic N) is 1. The third kappa shape index (κ3) is 11.7. The first-order valence-electron chi connectivity index (χ1n) is 5.75. The minimum atomic E-state index is 0. The molecule has 0 bridgehead atoms. The van der Waals surface area contributed by atoms with Crippen LogP contribution in [0.15, 0.2) is 4.99 Å². The molecule has 0 radical (unpaired) electrons. The van der Waals surface area contributed by atoms with Crippen LogP contribution in [-0.2, 0) is 4.79 Å². The smallest absolute Gasteiger partial charge is 0.222 e. The number of carbonyl (C=O) groups excluding carboxylic acids is 1. The number of carbonyl (C=O) groups is 1. The number of amides is 1. The molecule has 0 heterocycles. The lowest BCUT2D eigenvalue weighted by molar-refractivity contribution is -0.123. The fourth-order valence-electron chi connectivity index (χ4n) is 0.917. The van der Waals surface area contributed by atoms with Crippen molar-refractivity contribution in [3.63, 3.8) is 0 Å². The fraction of sp³-hybridized carbons (Fsp3) is 0.818.